The van der Waals surface area contributed by atoms with Gasteiger partial charge < -0.3 is 11.5 Å². The first-order valence-electron chi connectivity index (χ1n) is 7.66. The fourth-order valence-corrected chi connectivity index (χ4v) is 2.79. The van der Waals surface area contributed by atoms with Crippen LogP contribution < -0.4 is 11.5 Å². The van der Waals surface area contributed by atoms with E-state index >= 15 is 0 Å². The third-order valence-electron chi connectivity index (χ3n) is 3.96. The second-order valence-corrected chi connectivity index (χ2v) is 5.56. The predicted octanol–water partition coefficient (Wildman–Crippen LogP) is 2.32. The predicted molar refractivity (Wildman–Crippen MR) is 97.1 cm³/mol. The van der Waals surface area contributed by atoms with Gasteiger partial charge in [0.05, 0.1) is 22.3 Å². The van der Waals surface area contributed by atoms with Crippen molar-refractivity contribution in [2.45, 2.75) is 0 Å². The SMILES string of the molecule is N=C(N)c1cc(-c2c(-c3ccccc3)nn3ccccc23)nnc1N. The fourth-order valence-electron chi connectivity index (χ4n) is 2.79. The number of rotatable bonds is 3. The van der Waals surface area contributed by atoms with Crippen molar-refractivity contribution in [3.05, 3.63) is 66.4 Å². The lowest BCUT2D eigenvalue weighted by Crippen LogP contribution is -2.15. The first-order valence-corrected chi connectivity index (χ1v) is 7.66. The van der Waals surface area contributed by atoms with E-state index in [1.807, 2.05) is 54.7 Å². The average molecular weight is 329 g/mol. The van der Waals surface area contributed by atoms with Crippen LogP contribution in [0, 0.1) is 5.41 Å². The number of benzene rings is 1. The Labute approximate surface area is 143 Å². The molecule has 0 amide bonds. The van der Waals surface area contributed by atoms with Crippen LogP contribution in [0.3, 0.4) is 0 Å². The Hall–Kier alpha value is -3.74. The first-order chi connectivity index (χ1) is 12.1. The van der Waals surface area contributed by atoms with E-state index in [-0.39, 0.29) is 11.7 Å². The summed E-state index contributed by atoms with van der Waals surface area (Å²) in [5, 5.41) is 20.6. The highest BCUT2D eigenvalue weighted by Crippen LogP contribution is 2.34. The van der Waals surface area contributed by atoms with E-state index < -0.39 is 0 Å². The molecule has 25 heavy (non-hydrogen) atoms. The summed E-state index contributed by atoms with van der Waals surface area (Å²) in [4.78, 5) is 0. The van der Waals surface area contributed by atoms with E-state index in [4.69, 9.17) is 16.9 Å². The van der Waals surface area contributed by atoms with Crippen LogP contribution in [-0.4, -0.2) is 25.6 Å². The summed E-state index contributed by atoms with van der Waals surface area (Å²) in [5.41, 5.74) is 15.8. The molecular weight excluding hydrogens is 314 g/mol. The molecule has 122 valence electrons. The molecule has 0 radical (unpaired) electrons. The van der Waals surface area contributed by atoms with E-state index in [0.717, 1.165) is 22.3 Å². The van der Waals surface area contributed by atoms with Crippen LogP contribution in [-0.2, 0) is 0 Å². The number of nitrogens with one attached hydrogen (secondary N) is 1. The van der Waals surface area contributed by atoms with Crippen LogP contribution >= 0.6 is 0 Å². The van der Waals surface area contributed by atoms with Crippen LogP contribution in [0.4, 0.5) is 5.82 Å². The second-order valence-electron chi connectivity index (χ2n) is 5.56. The topological polar surface area (TPSA) is 119 Å². The highest BCUT2D eigenvalue weighted by Gasteiger charge is 2.19. The zero-order valence-corrected chi connectivity index (χ0v) is 13.2. The van der Waals surface area contributed by atoms with Gasteiger partial charge in [-0.1, -0.05) is 36.4 Å². The molecular formula is C18H15N7. The molecule has 4 rings (SSSR count). The Kier molecular flexibility index (Phi) is 3.39. The molecule has 0 aliphatic carbocycles. The van der Waals surface area contributed by atoms with Gasteiger partial charge in [0.25, 0.3) is 0 Å². The van der Waals surface area contributed by atoms with Crippen molar-refractivity contribution >= 4 is 17.2 Å². The van der Waals surface area contributed by atoms with Gasteiger partial charge in [-0.2, -0.15) is 5.10 Å². The zero-order valence-electron chi connectivity index (χ0n) is 13.2. The molecule has 0 bridgehead atoms. The van der Waals surface area contributed by atoms with Gasteiger partial charge in [-0.3, -0.25) is 5.41 Å². The second kappa shape index (κ2) is 5.72. The highest BCUT2D eigenvalue weighted by atomic mass is 15.2. The number of anilines is 1. The summed E-state index contributed by atoms with van der Waals surface area (Å²) in [5.74, 6) is -0.0135. The Balaban J connectivity index is 2.04. The highest BCUT2D eigenvalue weighted by molar-refractivity contribution is 6.01. The van der Waals surface area contributed by atoms with Crippen LogP contribution in [0.1, 0.15) is 5.56 Å². The maximum atomic E-state index is 7.69. The Bertz CT molecular complexity index is 1080. The van der Waals surface area contributed by atoms with Gasteiger partial charge >= 0.3 is 0 Å². The van der Waals surface area contributed by atoms with E-state index in [1.54, 1.807) is 10.6 Å². The Morgan fingerprint density at radius 2 is 1.76 bits per heavy atom. The summed E-state index contributed by atoms with van der Waals surface area (Å²) < 4.78 is 1.79. The molecule has 0 saturated carbocycles. The number of aromatic nitrogens is 4. The summed E-state index contributed by atoms with van der Waals surface area (Å²) >= 11 is 0. The normalized spacial score (nSPS) is 10.9. The lowest BCUT2D eigenvalue weighted by molar-refractivity contribution is 0.966. The van der Waals surface area contributed by atoms with Crippen molar-refractivity contribution in [3.8, 4) is 22.5 Å². The van der Waals surface area contributed by atoms with Crippen molar-refractivity contribution in [1.29, 1.82) is 5.41 Å². The number of hydrogen-bond donors (Lipinski definition) is 3. The number of nitrogens with zero attached hydrogens (tertiary/aromatic N) is 4. The van der Waals surface area contributed by atoms with Crippen LogP contribution in [0.15, 0.2) is 60.8 Å². The Morgan fingerprint density at radius 1 is 1.00 bits per heavy atom. The number of nitrogens with two attached hydrogens (primary N) is 2. The van der Waals surface area contributed by atoms with Gasteiger partial charge in [0.15, 0.2) is 5.82 Å². The largest absolute Gasteiger partial charge is 0.384 e. The number of fused-ring (bicyclic) bond motifs is 1. The number of pyridine rings is 1. The summed E-state index contributed by atoms with van der Waals surface area (Å²) in [6.07, 6.45) is 1.88. The van der Waals surface area contributed by atoms with Gasteiger partial charge in [-0.05, 0) is 18.2 Å². The summed E-state index contributed by atoms with van der Waals surface area (Å²) in [6, 6.07) is 17.3. The quantitative estimate of drug-likeness (QED) is 0.394. The molecule has 0 saturated heterocycles. The van der Waals surface area contributed by atoms with Crippen LogP contribution in [0.25, 0.3) is 28.0 Å². The average Bonchev–Trinajstić information content (AvgIpc) is 3.02. The lowest BCUT2D eigenvalue weighted by Gasteiger charge is -2.06. The maximum Gasteiger partial charge on any atom is 0.157 e. The molecule has 0 aliphatic rings. The Morgan fingerprint density at radius 3 is 2.52 bits per heavy atom. The van der Waals surface area contributed by atoms with Crippen molar-refractivity contribution < 1.29 is 0 Å². The first kappa shape index (κ1) is 14.8. The summed E-state index contributed by atoms with van der Waals surface area (Å²) in [7, 11) is 0. The molecule has 5 N–H and O–H groups in total. The maximum absolute atomic E-state index is 7.69. The molecule has 7 nitrogen and oxygen atoms in total. The molecule has 0 spiro atoms. The van der Waals surface area contributed by atoms with E-state index in [9.17, 15) is 0 Å². The van der Waals surface area contributed by atoms with Gasteiger partial charge in [0.1, 0.15) is 11.5 Å². The minimum absolute atomic E-state index is 0.133. The number of nitrogen functional groups attached to an aromatic ring is 2. The van der Waals surface area contributed by atoms with Crippen molar-refractivity contribution in [1.82, 2.24) is 19.8 Å². The zero-order chi connectivity index (χ0) is 17.4. The third-order valence-corrected chi connectivity index (χ3v) is 3.96. The molecule has 0 atom stereocenters. The molecule has 3 heterocycles. The lowest BCUT2D eigenvalue weighted by atomic mass is 10.0. The molecule has 0 aliphatic heterocycles. The minimum Gasteiger partial charge on any atom is -0.384 e. The fraction of sp³-hybridized carbons (Fsp3) is 0. The standard InChI is InChI=1S/C18H15N7/c19-17(20)12-10-13(22-23-18(12)21)15-14-8-4-5-9-25(14)24-16(15)11-6-2-1-3-7-11/h1-10H,(H3,19,20)(H2,21,23). The van der Waals surface area contributed by atoms with Crippen LogP contribution in [0.2, 0.25) is 0 Å². The van der Waals surface area contributed by atoms with E-state index in [1.165, 1.54) is 0 Å². The minimum atomic E-state index is -0.147. The number of hydrogen-bond acceptors (Lipinski definition) is 5. The smallest absolute Gasteiger partial charge is 0.157 e. The van der Waals surface area contributed by atoms with Crippen molar-refractivity contribution in [3.63, 3.8) is 0 Å². The van der Waals surface area contributed by atoms with Gasteiger partial charge in [0.2, 0.25) is 0 Å². The van der Waals surface area contributed by atoms with Crippen molar-refractivity contribution in [2.24, 2.45) is 5.73 Å². The molecule has 0 fully saturated rings. The van der Waals surface area contributed by atoms with Gasteiger partial charge in [0, 0.05) is 11.8 Å². The van der Waals surface area contributed by atoms with Gasteiger partial charge in [-0.15, -0.1) is 10.2 Å². The molecule has 3 aromatic heterocycles. The van der Waals surface area contributed by atoms with E-state index in [0.29, 0.717) is 11.3 Å². The molecule has 0 unspecified atom stereocenters. The third kappa shape index (κ3) is 2.47. The van der Waals surface area contributed by atoms with Gasteiger partial charge in [-0.25, -0.2) is 4.52 Å². The van der Waals surface area contributed by atoms with Crippen molar-refractivity contribution in [2.75, 3.05) is 5.73 Å². The molecule has 4 aromatic rings. The monoisotopic (exact) mass is 329 g/mol. The number of amidine groups is 1. The molecule has 7 heteroatoms. The van der Waals surface area contributed by atoms with E-state index in [2.05, 4.69) is 15.3 Å². The molecule has 1 aromatic carbocycles. The van der Waals surface area contributed by atoms with Crippen LogP contribution in [0.5, 0.6) is 0 Å². The summed E-state index contributed by atoms with van der Waals surface area (Å²) in [6.45, 7) is 0.